The highest BCUT2D eigenvalue weighted by Gasteiger charge is 2.48. The van der Waals surface area contributed by atoms with Crippen LogP contribution in [0.3, 0.4) is 0 Å². The van der Waals surface area contributed by atoms with Gasteiger partial charge in [0.2, 0.25) is 0 Å². The number of hydrogen-bond donors (Lipinski definition) is 0. The predicted octanol–water partition coefficient (Wildman–Crippen LogP) is 7.17. The Kier molecular flexibility index (Phi) is 6.47. The Labute approximate surface area is 165 Å². The van der Waals surface area contributed by atoms with Crippen LogP contribution in [0.1, 0.15) is 84.8 Å². The van der Waals surface area contributed by atoms with Gasteiger partial charge in [0, 0.05) is 11.5 Å². The highest BCUT2D eigenvalue weighted by atomic mass is 16.5. The van der Waals surface area contributed by atoms with Crippen molar-refractivity contribution in [3.8, 4) is 5.75 Å². The second-order valence-electron chi connectivity index (χ2n) is 8.91. The van der Waals surface area contributed by atoms with Crippen LogP contribution >= 0.6 is 0 Å². The van der Waals surface area contributed by atoms with Gasteiger partial charge in [0.15, 0.2) is 0 Å². The summed E-state index contributed by atoms with van der Waals surface area (Å²) < 4.78 is 13.0. The molecule has 2 heterocycles. The van der Waals surface area contributed by atoms with Gasteiger partial charge in [0.05, 0.1) is 12.2 Å². The van der Waals surface area contributed by atoms with E-state index in [4.69, 9.17) is 9.47 Å². The van der Waals surface area contributed by atoms with Gasteiger partial charge >= 0.3 is 0 Å². The van der Waals surface area contributed by atoms with E-state index in [0.717, 1.165) is 37.9 Å². The van der Waals surface area contributed by atoms with E-state index in [1.54, 1.807) is 0 Å². The summed E-state index contributed by atoms with van der Waals surface area (Å²) in [6.07, 6.45) is 11.9. The first-order valence-electron chi connectivity index (χ1n) is 10.6. The van der Waals surface area contributed by atoms with Crippen LogP contribution in [0.4, 0.5) is 0 Å². The van der Waals surface area contributed by atoms with Gasteiger partial charge < -0.3 is 9.47 Å². The fraction of sp³-hybridized carbons (Fsp3) is 0.600. The van der Waals surface area contributed by atoms with Crippen LogP contribution in [0.25, 0.3) is 0 Å². The monoisotopic (exact) mass is 368 g/mol. The van der Waals surface area contributed by atoms with E-state index in [2.05, 4.69) is 71.0 Å². The van der Waals surface area contributed by atoms with Gasteiger partial charge in [0.1, 0.15) is 11.4 Å². The number of ether oxygens (including phenoxy) is 2. The van der Waals surface area contributed by atoms with Crippen molar-refractivity contribution in [3.63, 3.8) is 0 Å². The van der Waals surface area contributed by atoms with E-state index in [9.17, 15) is 0 Å². The molecule has 0 N–H and O–H groups in total. The van der Waals surface area contributed by atoms with Crippen molar-refractivity contribution in [2.75, 3.05) is 0 Å². The third kappa shape index (κ3) is 4.85. The van der Waals surface area contributed by atoms with Crippen LogP contribution in [0.2, 0.25) is 0 Å². The summed E-state index contributed by atoms with van der Waals surface area (Å²) in [5.41, 5.74) is 3.97. The zero-order valence-electron chi connectivity index (χ0n) is 17.8. The van der Waals surface area contributed by atoms with Gasteiger partial charge in [-0.05, 0) is 79.2 Å². The lowest BCUT2D eigenvalue weighted by atomic mass is 9.72. The number of fused-ring (bicyclic) bond motifs is 3. The molecule has 148 valence electrons. The minimum absolute atomic E-state index is 0.157. The summed E-state index contributed by atoms with van der Waals surface area (Å²) in [5, 5.41) is 0. The summed E-state index contributed by atoms with van der Waals surface area (Å²) in [5.74, 6) is 1.45. The van der Waals surface area contributed by atoms with E-state index in [1.165, 1.54) is 23.1 Å². The Hall–Kier alpha value is -1.54. The van der Waals surface area contributed by atoms with Crippen LogP contribution < -0.4 is 4.74 Å². The minimum atomic E-state index is -0.157. The smallest absolute Gasteiger partial charge is 0.125 e. The van der Waals surface area contributed by atoms with Crippen LogP contribution in [0.15, 0.2) is 47.6 Å². The van der Waals surface area contributed by atoms with E-state index in [-0.39, 0.29) is 11.7 Å². The van der Waals surface area contributed by atoms with Crippen LogP contribution in [-0.2, 0) is 4.74 Å². The molecule has 1 aromatic rings. The Morgan fingerprint density at radius 3 is 2.67 bits per heavy atom. The summed E-state index contributed by atoms with van der Waals surface area (Å²) >= 11 is 0. The van der Waals surface area contributed by atoms with Crippen molar-refractivity contribution in [3.05, 3.63) is 53.1 Å². The van der Waals surface area contributed by atoms with Gasteiger partial charge in [-0.3, -0.25) is 0 Å². The first-order chi connectivity index (χ1) is 12.9. The maximum atomic E-state index is 6.60. The molecule has 3 rings (SSSR count). The van der Waals surface area contributed by atoms with Crippen molar-refractivity contribution in [2.45, 2.75) is 91.0 Å². The van der Waals surface area contributed by atoms with Crippen molar-refractivity contribution < 1.29 is 9.47 Å². The third-order valence-corrected chi connectivity index (χ3v) is 6.21. The lowest BCUT2D eigenvalue weighted by Crippen LogP contribution is -2.50. The fourth-order valence-electron chi connectivity index (χ4n) is 4.56. The number of para-hydroxylation sites is 1. The van der Waals surface area contributed by atoms with Crippen molar-refractivity contribution in [2.24, 2.45) is 5.92 Å². The standard InChI is InChI=1S/C25H36O2/c1-18(2)10-8-11-19(3)12-9-17-25(5)22-16-15-20(4)26-24(22)21-13-6-7-14-23(21)27-25/h6-7,10,12-14,20,22,24H,8-9,11,15-17H2,1-5H3/b19-12+/t20-,22+,24+,25+/m1/s1. The van der Waals surface area contributed by atoms with Crippen LogP contribution in [0.5, 0.6) is 5.75 Å². The molecule has 2 heteroatoms. The summed E-state index contributed by atoms with van der Waals surface area (Å²) in [4.78, 5) is 0. The second kappa shape index (κ2) is 8.65. The Balaban J connectivity index is 1.70. The highest BCUT2D eigenvalue weighted by Crippen LogP contribution is 2.51. The van der Waals surface area contributed by atoms with Crippen molar-refractivity contribution in [1.82, 2.24) is 0 Å². The molecular formula is C25H36O2. The van der Waals surface area contributed by atoms with Gasteiger partial charge in [0.25, 0.3) is 0 Å². The number of benzene rings is 1. The molecule has 0 bridgehead atoms. The average Bonchev–Trinajstić information content (AvgIpc) is 2.61. The van der Waals surface area contributed by atoms with Crippen molar-refractivity contribution >= 4 is 0 Å². The number of allylic oxidation sites excluding steroid dienone is 4. The van der Waals surface area contributed by atoms with E-state index in [0.29, 0.717) is 12.0 Å². The molecule has 1 aromatic carbocycles. The third-order valence-electron chi connectivity index (χ3n) is 6.21. The molecule has 2 aliphatic heterocycles. The zero-order valence-corrected chi connectivity index (χ0v) is 17.8. The first-order valence-corrected chi connectivity index (χ1v) is 10.6. The zero-order chi connectivity index (χ0) is 19.4. The molecule has 0 aromatic heterocycles. The van der Waals surface area contributed by atoms with Gasteiger partial charge in [-0.25, -0.2) is 0 Å². The Morgan fingerprint density at radius 2 is 1.89 bits per heavy atom. The van der Waals surface area contributed by atoms with E-state index in [1.807, 2.05) is 0 Å². The van der Waals surface area contributed by atoms with Crippen molar-refractivity contribution in [1.29, 1.82) is 0 Å². The summed E-state index contributed by atoms with van der Waals surface area (Å²) in [6.45, 7) is 11.1. The topological polar surface area (TPSA) is 18.5 Å². The van der Waals surface area contributed by atoms with Crippen LogP contribution in [-0.4, -0.2) is 11.7 Å². The highest BCUT2D eigenvalue weighted by molar-refractivity contribution is 5.39. The molecule has 0 unspecified atom stereocenters. The molecule has 1 saturated heterocycles. The second-order valence-corrected chi connectivity index (χ2v) is 8.91. The molecule has 4 atom stereocenters. The van der Waals surface area contributed by atoms with Gasteiger partial charge in [-0.1, -0.05) is 41.5 Å². The largest absolute Gasteiger partial charge is 0.487 e. The molecule has 0 amide bonds. The molecule has 0 saturated carbocycles. The Bertz CT molecular complexity index is 698. The molecule has 2 aliphatic rings. The normalized spacial score (nSPS) is 30.1. The number of hydrogen-bond acceptors (Lipinski definition) is 2. The van der Waals surface area contributed by atoms with E-state index >= 15 is 0 Å². The number of rotatable bonds is 6. The van der Waals surface area contributed by atoms with E-state index < -0.39 is 0 Å². The predicted molar refractivity (Wildman–Crippen MR) is 113 cm³/mol. The van der Waals surface area contributed by atoms with Gasteiger partial charge in [-0.15, -0.1) is 0 Å². The Morgan fingerprint density at radius 1 is 1.11 bits per heavy atom. The lowest BCUT2D eigenvalue weighted by Gasteiger charge is -2.50. The maximum Gasteiger partial charge on any atom is 0.125 e. The summed E-state index contributed by atoms with van der Waals surface area (Å²) in [7, 11) is 0. The lowest BCUT2D eigenvalue weighted by molar-refractivity contribution is -0.152. The average molecular weight is 369 g/mol. The molecule has 27 heavy (non-hydrogen) atoms. The van der Waals surface area contributed by atoms with Gasteiger partial charge in [-0.2, -0.15) is 0 Å². The SMILES string of the molecule is CC(C)=CCC/C(C)=C/CC[C@]1(C)Oc2ccccc2[C@@H]2O[C@H](C)CC[C@@H]21. The van der Waals surface area contributed by atoms with Crippen LogP contribution in [0, 0.1) is 5.92 Å². The fourth-order valence-corrected chi connectivity index (χ4v) is 4.56. The first kappa shape index (κ1) is 20.2. The molecule has 1 fully saturated rings. The maximum absolute atomic E-state index is 6.60. The minimum Gasteiger partial charge on any atom is -0.487 e. The molecule has 0 spiro atoms. The quantitative estimate of drug-likeness (QED) is 0.496. The molecule has 2 nitrogen and oxygen atoms in total. The molecular weight excluding hydrogens is 332 g/mol. The molecule has 0 radical (unpaired) electrons. The summed E-state index contributed by atoms with van der Waals surface area (Å²) in [6, 6.07) is 8.45. The molecule has 0 aliphatic carbocycles.